The molecule has 0 heterocycles. The molecule has 0 aliphatic rings. The number of rotatable bonds is 3. The minimum absolute atomic E-state index is 0.369. The molecule has 0 nitrogen and oxygen atoms in total. The van der Waals surface area contributed by atoms with Gasteiger partial charge in [0.2, 0.25) is 0 Å². The van der Waals surface area contributed by atoms with Crippen LogP contribution in [0.25, 0.3) is 0 Å². The monoisotopic (exact) mass is 239 g/mol. The quantitative estimate of drug-likeness (QED) is 0.737. The van der Waals surface area contributed by atoms with Gasteiger partial charge in [-0.15, -0.1) is 0 Å². The third-order valence-corrected chi connectivity index (χ3v) is 2.55. The van der Waals surface area contributed by atoms with Gasteiger partial charge in [-0.1, -0.05) is 42.3 Å². The molecule has 1 atom stereocenters. The molecule has 0 saturated carbocycles. The fourth-order valence-electron chi connectivity index (χ4n) is 1.39. The molecule has 0 aromatic heterocycles. The summed E-state index contributed by atoms with van der Waals surface area (Å²) < 4.78 is 1.17. The first-order valence-electron chi connectivity index (χ1n) is 4.76. The third kappa shape index (κ3) is 3.15. The Hall–Kier alpha value is -0.300. The number of hydrogen-bond acceptors (Lipinski definition) is 0. The molecule has 71 valence electrons. The van der Waals surface area contributed by atoms with Crippen molar-refractivity contribution in [3.05, 3.63) is 40.7 Å². The van der Waals surface area contributed by atoms with Gasteiger partial charge in [0, 0.05) is 4.47 Å². The zero-order valence-corrected chi connectivity index (χ0v) is 9.89. The van der Waals surface area contributed by atoms with Crippen LogP contribution < -0.4 is 0 Å². The van der Waals surface area contributed by atoms with Crippen LogP contribution in [0.3, 0.4) is 0 Å². The van der Waals surface area contributed by atoms with E-state index in [0.717, 1.165) is 6.42 Å². The van der Waals surface area contributed by atoms with Crippen LogP contribution in [0, 0.1) is 6.92 Å². The predicted octanol–water partition coefficient (Wildman–Crippen LogP) is 4.34. The molecule has 0 fully saturated rings. The van der Waals surface area contributed by atoms with E-state index in [1.807, 2.05) is 0 Å². The highest BCUT2D eigenvalue weighted by molar-refractivity contribution is 9.10. The van der Waals surface area contributed by atoms with Crippen LogP contribution in [-0.4, -0.2) is 0 Å². The van der Waals surface area contributed by atoms with Crippen molar-refractivity contribution >= 4 is 15.9 Å². The van der Waals surface area contributed by atoms with Gasteiger partial charge in [-0.3, -0.25) is 0 Å². The molecule has 13 heavy (non-hydrogen) atoms. The molecule has 1 heteroatoms. The summed E-state index contributed by atoms with van der Waals surface area (Å²) in [6, 6.07) is 6.60. The second kappa shape index (κ2) is 4.80. The summed E-state index contributed by atoms with van der Waals surface area (Å²) in [7, 11) is 0. The normalized spacial score (nSPS) is 10.8. The van der Waals surface area contributed by atoms with Gasteiger partial charge in [0.15, 0.2) is 0 Å². The van der Waals surface area contributed by atoms with Crippen molar-refractivity contribution in [1.82, 2.24) is 0 Å². The molecular weight excluding hydrogens is 224 g/mol. The van der Waals surface area contributed by atoms with Crippen molar-refractivity contribution < 1.29 is 0 Å². The van der Waals surface area contributed by atoms with Gasteiger partial charge < -0.3 is 0 Å². The second-order valence-electron chi connectivity index (χ2n) is 3.54. The van der Waals surface area contributed by atoms with Crippen LogP contribution in [0.1, 0.15) is 37.3 Å². The molecule has 1 unspecified atom stereocenters. The second-order valence-corrected chi connectivity index (χ2v) is 4.46. The first-order chi connectivity index (χ1) is 6.13. The van der Waals surface area contributed by atoms with Crippen LogP contribution in [0.15, 0.2) is 22.7 Å². The lowest BCUT2D eigenvalue weighted by Crippen LogP contribution is -1.91. The van der Waals surface area contributed by atoms with E-state index in [-0.39, 0.29) is 0 Å². The summed E-state index contributed by atoms with van der Waals surface area (Å²) in [5, 5.41) is 0. The summed E-state index contributed by atoms with van der Waals surface area (Å²) in [4.78, 5) is 0. The Morgan fingerprint density at radius 2 is 2.08 bits per heavy atom. The average Bonchev–Trinajstić information content (AvgIpc) is 2.03. The van der Waals surface area contributed by atoms with Gasteiger partial charge in [0.05, 0.1) is 0 Å². The lowest BCUT2D eigenvalue weighted by atomic mass is 9.99. The van der Waals surface area contributed by atoms with Gasteiger partial charge in [0.25, 0.3) is 0 Å². The van der Waals surface area contributed by atoms with E-state index in [4.69, 9.17) is 0 Å². The summed E-state index contributed by atoms with van der Waals surface area (Å²) in [5.74, 6) is 0.369. The highest BCUT2D eigenvalue weighted by Gasteiger charge is 2.02. The molecule has 1 radical (unpaired) electrons. The Bertz CT molecular complexity index is 276. The molecule has 1 aromatic carbocycles. The van der Waals surface area contributed by atoms with E-state index >= 15 is 0 Å². The Labute approximate surface area is 89.5 Å². The Morgan fingerprint density at radius 3 is 2.62 bits per heavy atom. The van der Waals surface area contributed by atoms with E-state index in [0.29, 0.717) is 5.92 Å². The Morgan fingerprint density at radius 1 is 1.38 bits per heavy atom. The van der Waals surface area contributed by atoms with Gasteiger partial charge in [-0.25, -0.2) is 0 Å². The molecule has 1 aromatic rings. The molecule has 0 saturated heterocycles. The maximum Gasteiger partial charge on any atom is 0.0180 e. The lowest BCUT2D eigenvalue weighted by Gasteiger charge is -2.08. The van der Waals surface area contributed by atoms with Crippen LogP contribution in [0.2, 0.25) is 0 Å². The van der Waals surface area contributed by atoms with Crippen molar-refractivity contribution in [2.45, 2.75) is 32.6 Å². The van der Waals surface area contributed by atoms with Crippen LogP contribution in [-0.2, 0) is 6.42 Å². The van der Waals surface area contributed by atoms with Crippen molar-refractivity contribution in [2.24, 2.45) is 0 Å². The minimum atomic E-state index is 0.369. The fourth-order valence-corrected chi connectivity index (χ4v) is 1.95. The molecule has 1 rings (SSSR count). The molecule has 0 bridgehead atoms. The van der Waals surface area contributed by atoms with Crippen LogP contribution >= 0.6 is 15.9 Å². The van der Waals surface area contributed by atoms with Gasteiger partial charge in [-0.05, 0) is 42.5 Å². The SMILES string of the molecule is [CH2]C(C)c1cc(Br)cc(CCC)c1. The van der Waals surface area contributed by atoms with Crippen molar-refractivity contribution in [2.75, 3.05) is 0 Å². The zero-order chi connectivity index (χ0) is 9.84. The largest absolute Gasteiger partial charge is 0.0651 e. The van der Waals surface area contributed by atoms with Crippen molar-refractivity contribution in [1.29, 1.82) is 0 Å². The van der Waals surface area contributed by atoms with E-state index in [1.54, 1.807) is 0 Å². The highest BCUT2D eigenvalue weighted by atomic mass is 79.9. The van der Waals surface area contributed by atoms with Crippen LogP contribution in [0.4, 0.5) is 0 Å². The van der Waals surface area contributed by atoms with Crippen LogP contribution in [0.5, 0.6) is 0 Å². The minimum Gasteiger partial charge on any atom is -0.0651 e. The first-order valence-corrected chi connectivity index (χ1v) is 5.55. The van der Waals surface area contributed by atoms with Crippen molar-refractivity contribution in [3.8, 4) is 0 Å². The standard InChI is InChI=1S/C12H16Br/c1-4-5-10-6-11(9(2)3)8-12(13)7-10/h6-9H,2,4-5H2,1,3H3. The van der Waals surface area contributed by atoms with E-state index in [2.05, 4.69) is 54.9 Å². The van der Waals surface area contributed by atoms with E-state index < -0.39 is 0 Å². The van der Waals surface area contributed by atoms with Gasteiger partial charge >= 0.3 is 0 Å². The Kier molecular flexibility index (Phi) is 3.98. The maximum absolute atomic E-state index is 4.03. The summed E-state index contributed by atoms with van der Waals surface area (Å²) in [6.45, 7) is 8.36. The molecule has 0 spiro atoms. The fraction of sp³-hybridized carbons (Fsp3) is 0.417. The number of benzene rings is 1. The average molecular weight is 240 g/mol. The predicted molar refractivity (Wildman–Crippen MR) is 61.9 cm³/mol. The zero-order valence-electron chi connectivity index (χ0n) is 8.31. The summed E-state index contributed by atoms with van der Waals surface area (Å²) in [6.07, 6.45) is 2.35. The third-order valence-electron chi connectivity index (χ3n) is 2.09. The Balaban J connectivity index is 2.96. The number of halogens is 1. The summed E-state index contributed by atoms with van der Waals surface area (Å²) >= 11 is 3.52. The summed E-state index contributed by atoms with van der Waals surface area (Å²) in [5.41, 5.74) is 2.72. The molecule has 0 amide bonds. The topological polar surface area (TPSA) is 0 Å². The molecule has 0 N–H and O–H groups in total. The smallest absolute Gasteiger partial charge is 0.0180 e. The number of hydrogen-bond donors (Lipinski definition) is 0. The highest BCUT2D eigenvalue weighted by Crippen LogP contribution is 2.22. The lowest BCUT2D eigenvalue weighted by molar-refractivity contribution is 0.903. The first kappa shape index (κ1) is 10.8. The van der Waals surface area contributed by atoms with Gasteiger partial charge in [-0.2, -0.15) is 0 Å². The maximum atomic E-state index is 4.03. The van der Waals surface area contributed by atoms with Crippen molar-refractivity contribution in [3.63, 3.8) is 0 Å². The van der Waals surface area contributed by atoms with E-state index in [1.165, 1.54) is 22.0 Å². The molecule has 0 aliphatic carbocycles. The number of aryl methyl sites for hydroxylation is 1. The molecule has 0 aliphatic heterocycles. The molecular formula is C12H16Br. The van der Waals surface area contributed by atoms with Gasteiger partial charge in [0.1, 0.15) is 0 Å². The van der Waals surface area contributed by atoms with E-state index in [9.17, 15) is 0 Å².